The van der Waals surface area contributed by atoms with Gasteiger partial charge in [-0.05, 0) is 6.42 Å². The highest BCUT2D eigenvalue weighted by molar-refractivity contribution is 5.51. The topological polar surface area (TPSA) is 82.3 Å². The molecule has 1 aromatic heterocycles. The van der Waals surface area contributed by atoms with Crippen molar-refractivity contribution in [1.82, 2.24) is 9.97 Å². The van der Waals surface area contributed by atoms with Crippen LogP contribution in [-0.2, 0) is 4.74 Å². The highest BCUT2D eigenvalue weighted by Gasteiger charge is 2.12. The summed E-state index contributed by atoms with van der Waals surface area (Å²) in [6, 6.07) is 0.188. The first-order chi connectivity index (χ1) is 8.21. The summed E-state index contributed by atoms with van der Waals surface area (Å²) in [6.07, 6.45) is 3.60. The molecule has 0 amide bonds. The molecule has 0 saturated heterocycles. The van der Waals surface area contributed by atoms with Crippen molar-refractivity contribution in [2.24, 2.45) is 0 Å². The maximum absolute atomic E-state index is 5.56. The second-order valence-electron chi connectivity index (χ2n) is 3.73. The second kappa shape index (κ2) is 6.90. The summed E-state index contributed by atoms with van der Waals surface area (Å²) in [6.45, 7) is 2.73. The normalized spacial score (nSPS) is 12.2. The smallest absolute Gasteiger partial charge is 0.222 e. The van der Waals surface area contributed by atoms with Gasteiger partial charge < -0.3 is 20.5 Å². The van der Waals surface area contributed by atoms with Crippen molar-refractivity contribution >= 4 is 11.8 Å². The number of nitrogen functional groups attached to an aromatic ring is 1. The summed E-state index contributed by atoms with van der Waals surface area (Å²) >= 11 is 0. The van der Waals surface area contributed by atoms with E-state index in [1.54, 1.807) is 20.4 Å². The average molecular weight is 240 g/mol. The monoisotopic (exact) mass is 240 g/mol. The number of rotatable bonds is 7. The third-order valence-corrected chi connectivity index (χ3v) is 2.34. The first kappa shape index (κ1) is 13.5. The third-order valence-electron chi connectivity index (χ3n) is 2.34. The Labute approximate surface area is 102 Å². The van der Waals surface area contributed by atoms with Crippen molar-refractivity contribution in [2.45, 2.75) is 25.8 Å². The van der Waals surface area contributed by atoms with Crippen molar-refractivity contribution in [2.75, 3.05) is 31.9 Å². The number of hydrogen-bond donors (Lipinski definition) is 2. The standard InChI is InChI=1S/C11H20N4O2/c1-4-5-8(7-16-2)14-10-9(17-3)6-13-11(12)15-10/h6,8H,4-5,7H2,1-3H3,(H3,12,13,14,15). The van der Waals surface area contributed by atoms with Gasteiger partial charge in [0.2, 0.25) is 5.95 Å². The van der Waals surface area contributed by atoms with E-state index in [1.165, 1.54) is 0 Å². The Morgan fingerprint density at radius 3 is 2.82 bits per heavy atom. The van der Waals surface area contributed by atoms with Crippen LogP contribution in [0.4, 0.5) is 11.8 Å². The molecule has 0 fully saturated rings. The van der Waals surface area contributed by atoms with Crippen LogP contribution < -0.4 is 15.8 Å². The van der Waals surface area contributed by atoms with Crippen LogP contribution in [0.5, 0.6) is 5.75 Å². The predicted molar refractivity (Wildman–Crippen MR) is 67.2 cm³/mol. The molecule has 6 nitrogen and oxygen atoms in total. The molecule has 6 heteroatoms. The van der Waals surface area contributed by atoms with Crippen LogP contribution in [0, 0.1) is 0 Å². The second-order valence-corrected chi connectivity index (χ2v) is 3.73. The number of nitrogens with two attached hydrogens (primary N) is 1. The van der Waals surface area contributed by atoms with Crippen LogP contribution in [0.1, 0.15) is 19.8 Å². The van der Waals surface area contributed by atoms with E-state index in [2.05, 4.69) is 22.2 Å². The summed E-state index contributed by atoms with van der Waals surface area (Å²) < 4.78 is 10.3. The summed E-state index contributed by atoms with van der Waals surface area (Å²) in [7, 11) is 3.25. The molecular weight excluding hydrogens is 220 g/mol. The molecule has 0 aliphatic carbocycles. The lowest BCUT2D eigenvalue weighted by atomic mass is 10.2. The van der Waals surface area contributed by atoms with E-state index in [-0.39, 0.29) is 12.0 Å². The van der Waals surface area contributed by atoms with Crippen molar-refractivity contribution in [3.05, 3.63) is 6.20 Å². The van der Waals surface area contributed by atoms with Crippen molar-refractivity contribution in [3.63, 3.8) is 0 Å². The Morgan fingerprint density at radius 2 is 2.24 bits per heavy atom. The van der Waals surface area contributed by atoms with Gasteiger partial charge in [0.1, 0.15) is 0 Å². The molecule has 1 unspecified atom stereocenters. The number of nitrogens with one attached hydrogen (secondary N) is 1. The van der Waals surface area contributed by atoms with Gasteiger partial charge in [-0.25, -0.2) is 4.98 Å². The van der Waals surface area contributed by atoms with E-state index in [1.807, 2.05) is 0 Å². The Balaban J connectivity index is 2.79. The molecular formula is C11H20N4O2. The van der Waals surface area contributed by atoms with Gasteiger partial charge in [0.25, 0.3) is 0 Å². The largest absolute Gasteiger partial charge is 0.491 e. The molecule has 3 N–H and O–H groups in total. The van der Waals surface area contributed by atoms with Crippen LogP contribution in [-0.4, -0.2) is 36.8 Å². The number of aromatic nitrogens is 2. The first-order valence-electron chi connectivity index (χ1n) is 5.63. The molecule has 1 atom stereocenters. The summed E-state index contributed by atoms with van der Waals surface area (Å²) in [5, 5.41) is 3.26. The van der Waals surface area contributed by atoms with Crippen LogP contribution in [0.2, 0.25) is 0 Å². The molecule has 1 rings (SSSR count). The molecule has 96 valence electrons. The van der Waals surface area contributed by atoms with Gasteiger partial charge in [0.15, 0.2) is 11.6 Å². The lowest BCUT2D eigenvalue weighted by molar-refractivity contribution is 0.182. The fourth-order valence-electron chi connectivity index (χ4n) is 1.58. The number of hydrogen-bond acceptors (Lipinski definition) is 6. The Kier molecular flexibility index (Phi) is 5.48. The summed E-state index contributed by atoms with van der Waals surface area (Å²) in [4.78, 5) is 8.00. The zero-order valence-corrected chi connectivity index (χ0v) is 10.6. The highest BCUT2D eigenvalue weighted by atomic mass is 16.5. The van der Waals surface area contributed by atoms with Gasteiger partial charge in [-0.2, -0.15) is 4.98 Å². The maximum atomic E-state index is 5.56. The quantitative estimate of drug-likeness (QED) is 0.747. The van der Waals surface area contributed by atoms with E-state index in [0.717, 1.165) is 12.8 Å². The molecule has 0 aliphatic rings. The average Bonchev–Trinajstić information content (AvgIpc) is 2.30. The number of ether oxygens (including phenoxy) is 2. The lowest BCUT2D eigenvalue weighted by Gasteiger charge is -2.19. The minimum atomic E-state index is 0.188. The molecule has 0 bridgehead atoms. The zero-order valence-electron chi connectivity index (χ0n) is 10.6. The van der Waals surface area contributed by atoms with Gasteiger partial charge in [-0.1, -0.05) is 13.3 Å². The van der Waals surface area contributed by atoms with E-state index in [0.29, 0.717) is 18.2 Å². The van der Waals surface area contributed by atoms with Crippen LogP contribution in [0.25, 0.3) is 0 Å². The van der Waals surface area contributed by atoms with Gasteiger partial charge in [0, 0.05) is 7.11 Å². The minimum Gasteiger partial charge on any atom is -0.491 e. The van der Waals surface area contributed by atoms with E-state index in [4.69, 9.17) is 15.2 Å². The number of methoxy groups -OCH3 is 2. The first-order valence-corrected chi connectivity index (χ1v) is 5.63. The van der Waals surface area contributed by atoms with Crippen molar-refractivity contribution < 1.29 is 9.47 Å². The minimum absolute atomic E-state index is 0.188. The Bertz CT molecular complexity index is 340. The molecule has 1 aromatic rings. The molecule has 0 spiro atoms. The lowest BCUT2D eigenvalue weighted by Crippen LogP contribution is -2.25. The maximum Gasteiger partial charge on any atom is 0.222 e. The van der Waals surface area contributed by atoms with Crippen molar-refractivity contribution in [1.29, 1.82) is 0 Å². The summed E-state index contributed by atoms with van der Waals surface area (Å²) in [5.74, 6) is 1.41. The van der Waals surface area contributed by atoms with E-state index >= 15 is 0 Å². The fraction of sp³-hybridized carbons (Fsp3) is 0.636. The van der Waals surface area contributed by atoms with E-state index < -0.39 is 0 Å². The Morgan fingerprint density at radius 1 is 1.47 bits per heavy atom. The van der Waals surface area contributed by atoms with Crippen molar-refractivity contribution in [3.8, 4) is 5.75 Å². The summed E-state index contributed by atoms with van der Waals surface area (Å²) in [5.41, 5.74) is 5.56. The van der Waals surface area contributed by atoms with Crippen LogP contribution in [0.3, 0.4) is 0 Å². The molecule has 0 aromatic carbocycles. The Hall–Kier alpha value is -1.56. The van der Waals surface area contributed by atoms with Gasteiger partial charge >= 0.3 is 0 Å². The molecule has 1 heterocycles. The zero-order chi connectivity index (χ0) is 12.7. The molecule has 0 aliphatic heterocycles. The molecule has 0 saturated carbocycles. The third kappa shape index (κ3) is 4.07. The van der Waals surface area contributed by atoms with Gasteiger partial charge in [0.05, 0.1) is 26.0 Å². The molecule has 17 heavy (non-hydrogen) atoms. The van der Waals surface area contributed by atoms with Gasteiger partial charge in [-0.3, -0.25) is 0 Å². The van der Waals surface area contributed by atoms with Crippen LogP contribution >= 0.6 is 0 Å². The predicted octanol–water partition coefficient (Wildman–Crippen LogP) is 1.29. The molecule has 0 radical (unpaired) electrons. The number of nitrogens with zero attached hydrogens (tertiary/aromatic N) is 2. The van der Waals surface area contributed by atoms with E-state index in [9.17, 15) is 0 Å². The number of anilines is 2. The SMILES string of the molecule is CCCC(COC)Nc1nc(N)ncc1OC. The van der Waals surface area contributed by atoms with Crippen LogP contribution in [0.15, 0.2) is 6.20 Å². The van der Waals surface area contributed by atoms with Gasteiger partial charge in [-0.15, -0.1) is 0 Å². The highest BCUT2D eigenvalue weighted by Crippen LogP contribution is 2.22. The fourth-order valence-corrected chi connectivity index (χ4v) is 1.58.